The molecule has 0 radical (unpaired) electrons. The van der Waals surface area contributed by atoms with Crippen LogP contribution in [0.15, 0.2) is 243 Å². The van der Waals surface area contributed by atoms with Crippen LogP contribution in [0.25, 0.3) is 44.5 Å². The Labute approximate surface area is 418 Å². The maximum absolute atomic E-state index is 11.9. The lowest BCUT2D eigenvalue weighted by Crippen LogP contribution is -2.51. The smallest absolute Gasteiger partial charge is 0.125 e. The SMILES string of the molecule is Oc1cc(N(c2ccc(-c3ccccc3)cc2)c2ccc(-c3ccccc3)cc2)cc(O)c1C1C(O)C(c2c(O)cc(N(c3ccc(-c4ccccc4)cc3)c3ccc(-c4ccccc4)cc3)cc2O)C1O. The molecule has 1 aliphatic carbocycles. The van der Waals surface area contributed by atoms with E-state index in [-0.39, 0.29) is 34.1 Å². The van der Waals surface area contributed by atoms with Crippen molar-refractivity contribution in [2.45, 2.75) is 24.0 Å². The number of aromatic hydroxyl groups is 4. The minimum atomic E-state index is -1.41. The molecule has 10 aromatic carbocycles. The average molecular weight is 943 g/mol. The zero-order chi connectivity index (χ0) is 49.3. The minimum Gasteiger partial charge on any atom is -0.507 e. The van der Waals surface area contributed by atoms with Gasteiger partial charge in [-0.05, 0) is 93.0 Å². The second-order valence-electron chi connectivity index (χ2n) is 18.2. The van der Waals surface area contributed by atoms with Gasteiger partial charge in [-0.1, -0.05) is 170 Å². The fourth-order valence-electron chi connectivity index (χ4n) is 10.2. The fourth-order valence-corrected chi connectivity index (χ4v) is 10.2. The Balaban J connectivity index is 0.903. The summed E-state index contributed by atoms with van der Waals surface area (Å²) in [6.45, 7) is 0. The summed E-state index contributed by atoms with van der Waals surface area (Å²) >= 11 is 0. The first kappa shape index (κ1) is 45.4. The molecular weight excluding hydrogens is 893 g/mol. The number of anilines is 6. The quantitative estimate of drug-likeness (QED) is 0.0715. The lowest BCUT2D eigenvalue weighted by atomic mass is 9.62. The number of hydrogen-bond donors (Lipinski definition) is 6. The highest BCUT2D eigenvalue weighted by atomic mass is 16.3. The van der Waals surface area contributed by atoms with E-state index in [2.05, 4.69) is 0 Å². The monoisotopic (exact) mass is 942 g/mol. The van der Waals surface area contributed by atoms with Gasteiger partial charge in [-0.25, -0.2) is 0 Å². The van der Waals surface area contributed by atoms with Crippen molar-refractivity contribution in [1.29, 1.82) is 0 Å². The maximum atomic E-state index is 11.9. The Morgan fingerprint density at radius 1 is 0.236 bits per heavy atom. The number of rotatable bonds is 12. The molecule has 1 saturated carbocycles. The highest BCUT2D eigenvalue weighted by Gasteiger charge is 2.54. The van der Waals surface area contributed by atoms with E-state index in [0.717, 1.165) is 67.3 Å². The molecule has 0 amide bonds. The zero-order valence-corrected chi connectivity index (χ0v) is 39.0. The Morgan fingerprint density at radius 3 is 0.639 bits per heavy atom. The van der Waals surface area contributed by atoms with E-state index < -0.39 is 24.0 Å². The first-order chi connectivity index (χ1) is 35.2. The predicted molar refractivity (Wildman–Crippen MR) is 288 cm³/mol. The van der Waals surface area contributed by atoms with E-state index in [1.807, 2.05) is 228 Å². The normalized spacial score (nSPS) is 16.1. The van der Waals surface area contributed by atoms with E-state index in [1.54, 1.807) is 0 Å². The van der Waals surface area contributed by atoms with Gasteiger partial charge in [-0.3, -0.25) is 0 Å². The van der Waals surface area contributed by atoms with Crippen LogP contribution in [0.2, 0.25) is 0 Å². The molecule has 72 heavy (non-hydrogen) atoms. The summed E-state index contributed by atoms with van der Waals surface area (Å²) in [6.07, 6.45) is -2.82. The number of aliphatic hydroxyl groups excluding tert-OH is 2. The average Bonchev–Trinajstić information content (AvgIpc) is 3.42. The summed E-state index contributed by atoms with van der Waals surface area (Å²) < 4.78 is 0. The number of hydrogen-bond acceptors (Lipinski definition) is 8. The van der Waals surface area contributed by atoms with Gasteiger partial charge in [-0.15, -0.1) is 0 Å². The van der Waals surface area contributed by atoms with Gasteiger partial charge >= 0.3 is 0 Å². The van der Waals surface area contributed by atoms with E-state index in [1.165, 1.54) is 24.3 Å². The van der Waals surface area contributed by atoms with Gasteiger partial charge in [0.2, 0.25) is 0 Å². The molecule has 11 rings (SSSR count). The van der Waals surface area contributed by atoms with Gasteiger partial charge in [0.25, 0.3) is 0 Å². The molecule has 10 aromatic rings. The van der Waals surface area contributed by atoms with Crippen LogP contribution >= 0.6 is 0 Å². The van der Waals surface area contributed by atoms with Crippen molar-refractivity contribution in [2.24, 2.45) is 0 Å². The summed E-state index contributed by atoms with van der Waals surface area (Å²) in [4.78, 5) is 3.83. The third-order valence-electron chi connectivity index (χ3n) is 13.8. The molecular formula is C64H50N2O6. The summed E-state index contributed by atoms with van der Waals surface area (Å²) in [5.41, 5.74) is 12.2. The van der Waals surface area contributed by atoms with Crippen LogP contribution in [0.3, 0.4) is 0 Å². The molecule has 0 spiro atoms. The van der Waals surface area contributed by atoms with Gasteiger partial charge in [-0.2, -0.15) is 0 Å². The molecule has 0 heterocycles. The molecule has 8 heteroatoms. The molecule has 352 valence electrons. The second-order valence-corrected chi connectivity index (χ2v) is 18.2. The van der Waals surface area contributed by atoms with E-state index in [4.69, 9.17) is 0 Å². The van der Waals surface area contributed by atoms with Crippen LogP contribution in [0.4, 0.5) is 34.1 Å². The fraction of sp³-hybridized carbons (Fsp3) is 0.0625. The topological polar surface area (TPSA) is 128 Å². The molecule has 0 unspecified atom stereocenters. The number of phenolic OH excluding ortho intramolecular Hbond substituents is 4. The van der Waals surface area contributed by atoms with Crippen LogP contribution < -0.4 is 9.80 Å². The van der Waals surface area contributed by atoms with Gasteiger partial charge in [0.05, 0.1) is 23.6 Å². The summed E-state index contributed by atoms with van der Waals surface area (Å²) in [7, 11) is 0. The molecule has 1 aliphatic rings. The summed E-state index contributed by atoms with van der Waals surface area (Å²) in [5.74, 6) is -3.67. The number of benzene rings is 10. The van der Waals surface area contributed by atoms with Crippen molar-refractivity contribution in [3.8, 4) is 67.5 Å². The van der Waals surface area contributed by atoms with Crippen molar-refractivity contribution in [2.75, 3.05) is 9.80 Å². The second kappa shape index (κ2) is 19.4. The van der Waals surface area contributed by atoms with Gasteiger partial charge in [0, 0.05) is 70.0 Å². The first-order valence-electron chi connectivity index (χ1n) is 23.9. The highest BCUT2D eigenvalue weighted by molar-refractivity contribution is 5.84. The maximum Gasteiger partial charge on any atom is 0.125 e. The highest BCUT2D eigenvalue weighted by Crippen LogP contribution is 2.57. The van der Waals surface area contributed by atoms with Crippen LogP contribution in [-0.4, -0.2) is 42.8 Å². The summed E-state index contributed by atoms with van der Waals surface area (Å²) in [6, 6.07) is 78.2. The van der Waals surface area contributed by atoms with Crippen molar-refractivity contribution < 1.29 is 30.6 Å². The van der Waals surface area contributed by atoms with Crippen LogP contribution in [-0.2, 0) is 0 Å². The minimum absolute atomic E-state index is 0.0477. The Kier molecular flexibility index (Phi) is 12.2. The van der Waals surface area contributed by atoms with Crippen LogP contribution in [0.1, 0.15) is 23.0 Å². The van der Waals surface area contributed by atoms with E-state index in [9.17, 15) is 30.6 Å². The Bertz CT molecular complexity index is 3010. The Morgan fingerprint density at radius 2 is 0.431 bits per heavy atom. The van der Waals surface area contributed by atoms with Gasteiger partial charge in [0.1, 0.15) is 23.0 Å². The lowest BCUT2D eigenvalue weighted by Gasteiger charge is -2.47. The van der Waals surface area contributed by atoms with Crippen molar-refractivity contribution >= 4 is 34.1 Å². The number of phenols is 4. The molecule has 0 saturated heterocycles. The van der Waals surface area contributed by atoms with E-state index >= 15 is 0 Å². The third kappa shape index (κ3) is 8.66. The zero-order valence-electron chi connectivity index (χ0n) is 39.0. The van der Waals surface area contributed by atoms with Gasteiger partial charge < -0.3 is 40.4 Å². The molecule has 0 atom stereocenters. The largest absolute Gasteiger partial charge is 0.507 e. The van der Waals surface area contributed by atoms with Crippen molar-refractivity contribution in [3.05, 3.63) is 254 Å². The predicted octanol–water partition coefficient (Wildman–Crippen LogP) is 14.7. The third-order valence-corrected chi connectivity index (χ3v) is 13.8. The molecule has 6 N–H and O–H groups in total. The molecule has 0 bridgehead atoms. The number of aliphatic hydroxyl groups is 2. The van der Waals surface area contributed by atoms with Crippen LogP contribution in [0.5, 0.6) is 23.0 Å². The summed E-state index contributed by atoms with van der Waals surface area (Å²) in [5, 5.41) is 70.9. The molecule has 0 aromatic heterocycles. The lowest BCUT2D eigenvalue weighted by molar-refractivity contribution is -0.0810. The first-order valence-corrected chi connectivity index (χ1v) is 23.9. The molecule has 0 aliphatic heterocycles. The van der Waals surface area contributed by atoms with Crippen molar-refractivity contribution in [1.82, 2.24) is 0 Å². The molecule has 8 nitrogen and oxygen atoms in total. The standard InChI is InChI=1S/C64H50N2O6/c67-55-37-53(65(49-29-21-45(22-30-49)41-13-5-1-6-14-41)50-31-23-46(24-32-50)42-15-7-2-8-16-42)38-56(68)59(55)61-63(71)62(64(61)72)60-57(69)39-54(40-58(60)70)66(51-33-25-47(26-34-51)43-17-9-3-10-18-43)52-35-27-48(28-36-52)44-19-11-4-12-20-44/h1-40,61-64,67-72H. The van der Waals surface area contributed by atoms with Crippen LogP contribution in [0, 0.1) is 0 Å². The Hall–Kier alpha value is -9.08. The molecule has 1 fully saturated rings. The number of nitrogens with zero attached hydrogens (tertiary/aromatic N) is 2. The van der Waals surface area contributed by atoms with Gasteiger partial charge in [0.15, 0.2) is 0 Å². The van der Waals surface area contributed by atoms with Crippen molar-refractivity contribution in [3.63, 3.8) is 0 Å². The van der Waals surface area contributed by atoms with E-state index in [0.29, 0.717) is 11.4 Å².